The van der Waals surface area contributed by atoms with E-state index < -0.39 is 0 Å². The van der Waals surface area contributed by atoms with Gasteiger partial charge in [0, 0.05) is 20.6 Å². The van der Waals surface area contributed by atoms with Crippen LogP contribution in [-0.4, -0.2) is 50.4 Å². The molecule has 0 amide bonds. The molecule has 1 saturated carbocycles. The summed E-state index contributed by atoms with van der Waals surface area (Å²) in [6, 6.07) is 0. The van der Waals surface area contributed by atoms with Crippen LogP contribution >= 0.6 is 0 Å². The van der Waals surface area contributed by atoms with Crippen LogP contribution in [0.25, 0.3) is 5.95 Å². The van der Waals surface area contributed by atoms with Crippen molar-refractivity contribution in [1.82, 2.24) is 29.7 Å². The standard InChI is InChI=1S/C12H18N8/c1-8-4-9(8)5-19(3)11-16-10(13-2)17-12(18-11)20-7-14-6-15-20/h6-9H,4-5H2,1-3H3,(H,13,16,17,18). The Morgan fingerprint density at radius 3 is 2.80 bits per heavy atom. The maximum absolute atomic E-state index is 4.45. The third-order valence-electron chi connectivity index (χ3n) is 3.59. The highest BCUT2D eigenvalue weighted by Gasteiger charge is 2.33. The van der Waals surface area contributed by atoms with Crippen molar-refractivity contribution in [3.63, 3.8) is 0 Å². The number of hydrogen-bond acceptors (Lipinski definition) is 7. The molecule has 0 aromatic carbocycles. The summed E-state index contributed by atoms with van der Waals surface area (Å²) in [5, 5.41) is 7.01. The normalized spacial score (nSPS) is 20.8. The van der Waals surface area contributed by atoms with Crippen molar-refractivity contribution in [3.8, 4) is 5.95 Å². The Kier molecular flexibility index (Phi) is 3.21. The van der Waals surface area contributed by atoms with Gasteiger partial charge in [0.25, 0.3) is 5.95 Å². The molecule has 106 valence electrons. The third-order valence-corrected chi connectivity index (χ3v) is 3.59. The lowest BCUT2D eigenvalue weighted by molar-refractivity contribution is 0.703. The molecule has 1 aliphatic rings. The van der Waals surface area contributed by atoms with Crippen molar-refractivity contribution in [3.05, 3.63) is 12.7 Å². The summed E-state index contributed by atoms with van der Waals surface area (Å²) in [5.74, 6) is 3.18. The average Bonchev–Trinajstić information content (AvgIpc) is 2.96. The van der Waals surface area contributed by atoms with Crippen LogP contribution < -0.4 is 10.2 Å². The van der Waals surface area contributed by atoms with Gasteiger partial charge in [-0.25, -0.2) is 4.98 Å². The second-order valence-corrected chi connectivity index (χ2v) is 5.20. The summed E-state index contributed by atoms with van der Waals surface area (Å²) in [7, 11) is 3.79. The molecule has 8 nitrogen and oxygen atoms in total. The maximum Gasteiger partial charge on any atom is 0.258 e. The minimum absolute atomic E-state index is 0.465. The Morgan fingerprint density at radius 2 is 2.20 bits per heavy atom. The lowest BCUT2D eigenvalue weighted by Gasteiger charge is -2.17. The molecule has 2 aromatic rings. The van der Waals surface area contributed by atoms with E-state index in [-0.39, 0.29) is 0 Å². The number of rotatable bonds is 5. The molecule has 0 bridgehead atoms. The fourth-order valence-electron chi connectivity index (χ4n) is 2.14. The molecule has 2 aromatic heterocycles. The second-order valence-electron chi connectivity index (χ2n) is 5.20. The molecule has 0 saturated heterocycles. The Morgan fingerprint density at radius 1 is 1.40 bits per heavy atom. The predicted octanol–water partition coefficient (Wildman–Crippen LogP) is 0.586. The fourth-order valence-corrected chi connectivity index (χ4v) is 2.14. The van der Waals surface area contributed by atoms with Crippen molar-refractivity contribution in [2.45, 2.75) is 13.3 Å². The Balaban J connectivity index is 1.87. The largest absolute Gasteiger partial charge is 0.357 e. The summed E-state index contributed by atoms with van der Waals surface area (Å²) in [6.45, 7) is 3.23. The van der Waals surface area contributed by atoms with E-state index in [2.05, 4.69) is 42.2 Å². The number of aromatic nitrogens is 6. The lowest BCUT2D eigenvalue weighted by atomic mass is 10.3. The summed E-state index contributed by atoms with van der Waals surface area (Å²) >= 11 is 0. The van der Waals surface area contributed by atoms with Crippen LogP contribution in [0.3, 0.4) is 0 Å². The first kappa shape index (κ1) is 12.8. The number of nitrogens with one attached hydrogen (secondary N) is 1. The van der Waals surface area contributed by atoms with Gasteiger partial charge in [-0.3, -0.25) is 0 Å². The molecular formula is C12H18N8. The Bertz CT molecular complexity index is 581. The number of anilines is 2. The molecule has 0 aliphatic heterocycles. The molecule has 3 rings (SSSR count). The van der Waals surface area contributed by atoms with Gasteiger partial charge in [0.05, 0.1) is 0 Å². The van der Waals surface area contributed by atoms with E-state index in [0.29, 0.717) is 17.8 Å². The van der Waals surface area contributed by atoms with Crippen molar-refractivity contribution in [2.75, 3.05) is 30.9 Å². The monoisotopic (exact) mass is 274 g/mol. The summed E-state index contributed by atoms with van der Waals surface area (Å²) in [6.07, 6.45) is 4.31. The topological polar surface area (TPSA) is 84.7 Å². The lowest BCUT2D eigenvalue weighted by Crippen LogP contribution is -2.24. The van der Waals surface area contributed by atoms with Crippen LogP contribution in [0.2, 0.25) is 0 Å². The van der Waals surface area contributed by atoms with Gasteiger partial charge in [-0.05, 0) is 18.3 Å². The van der Waals surface area contributed by atoms with Gasteiger partial charge in [-0.2, -0.15) is 24.7 Å². The van der Waals surface area contributed by atoms with Gasteiger partial charge in [-0.1, -0.05) is 6.92 Å². The van der Waals surface area contributed by atoms with Gasteiger partial charge in [0.15, 0.2) is 0 Å². The maximum atomic E-state index is 4.45. The van der Waals surface area contributed by atoms with E-state index in [9.17, 15) is 0 Å². The zero-order valence-electron chi connectivity index (χ0n) is 11.9. The molecule has 0 radical (unpaired) electrons. The third kappa shape index (κ3) is 2.54. The molecule has 2 atom stereocenters. The molecule has 0 spiro atoms. The minimum Gasteiger partial charge on any atom is -0.357 e. The molecule has 20 heavy (non-hydrogen) atoms. The quantitative estimate of drug-likeness (QED) is 0.854. The van der Waals surface area contributed by atoms with E-state index in [1.807, 2.05) is 7.05 Å². The van der Waals surface area contributed by atoms with Crippen molar-refractivity contribution < 1.29 is 0 Å². The SMILES string of the molecule is CNc1nc(N(C)CC2CC2C)nc(-n2cncn2)n1. The highest BCUT2D eigenvalue weighted by atomic mass is 15.4. The van der Waals surface area contributed by atoms with Crippen molar-refractivity contribution in [2.24, 2.45) is 11.8 Å². The van der Waals surface area contributed by atoms with E-state index in [1.165, 1.54) is 17.4 Å². The Hall–Kier alpha value is -2.25. The van der Waals surface area contributed by atoms with E-state index in [4.69, 9.17) is 0 Å². The predicted molar refractivity (Wildman–Crippen MR) is 74.8 cm³/mol. The molecular weight excluding hydrogens is 256 g/mol. The van der Waals surface area contributed by atoms with E-state index in [0.717, 1.165) is 18.4 Å². The summed E-state index contributed by atoms with van der Waals surface area (Å²) in [4.78, 5) is 19.1. The van der Waals surface area contributed by atoms with Crippen molar-refractivity contribution in [1.29, 1.82) is 0 Å². The Labute approximate surface area is 117 Å². The zero-order valence-corrected chi connectivity index (χ0v) is 11.9. The zero-order chi connectivity index (χ0) is 14.1. The summed E-state index contributed by atoms with van der Waals surface area (Å²) < 4.78 is 1.53. The minimum atomic E-state index is 0.465. The summed E-state index contributed by atoms with van der Waals surface area (Å²) in [5.41, 5.74) is 0. The van der Waals surface area contributed by atoms with Gasteiger partial charge >= 0.3 is 0 Å². The first-order valence-corrected chi connectivity index (χ1v) is 6.67. The van der Waals surface area contributed by atoms with E-state index in [1.54, 1.807) is 13.4 Å². The molecule has 2 unspecified atom stereocenters. The van der Waals surface area contributed by atoms with E-state index >= 15 is 0 Å². The van der Waals surface area contributed by atoms with Crippen LogP contribution in [0.1, 0.15) is 13.3 Å². The first-order chi connectivity index (χ1) is 9.67. The average molecular weight is 274 g/mol. The smallest absolute Gasteiger partial charge is 0.258 e. The second kappa shape index (κ2) is 5.03. The van der Waals surface area contributed by atoms with Gasteiger partial charge in [-0.15, -0.1) is 0 Å². The van der Waals surface area contributed by atoms with Crippen LogP contribution in [-0.2, 0) is 0 Å². The van der Waals surface area contributed by atoms with Crippen LogP contribution in [0.5, 0.6) is 0 Å². The molecule has 8 heteroatoms. The van der Waals surface area contributed by atoms with Crippen LogP contribution in [0.4, 0.5) is 11.9 Å². The molecule has 1 N–H and O–H groups in total. The van der Waals surface area contributed by atoms with Gasteiger partial charge < -0.3 is 10.2 Å². The van der Waals surface area contributed by atoms with Crippen LogP contribution in [0.15, 0.2) is 12.7 Å². The first-order valence-electron chi connectivity index (χ1n) is 6.67. The molecule has 1 fully saturated rings. The number of hydrogen-bond donors (Lipinski definition) is 1. The number of nitrogens with zero attached hydrogens (tertiary/aromatic N) is 7. The molecule has 2 heterocycles. The fraction of sp³-hybridized carbons (Fsp3) is 0.583. The van der Waals surface area contributed by atoms with Crippen LogP contribution in [0, 0.1) is 11.8 Å². The molecule has 1 aliphatic carbocycles. The highest BCUT2D eigenvalue weighted by molar-refractivity contribution is 5.39. The van der Waals surface area contributed by atoms with Gasteiger partial charge in [0.1, 0.15) is 12.7 Å². The highest BCUT2D eigenvalue weighted by Crippen LogP contribution is 2.38. The van der Waals surface area contributed by atoms with Crippen molar-refractivity contribution >= 4 is 11.9 Å². The van der Waals surface area contributed by atoms with Gasteiger partial charge in [0.2, 0.25) is 11.9 Å².